The Hall–Kier alpha value is -4.04. The molecule has 34 heavy (non-hydrogen) atoms. The van der Waals surface area contributed by atoms with Gasteiger partial charge < -0.3 is 14.5 Å². The van der Waals surface area contributed by atoms with Crippen LogP contribution in [-0.2, 0) is 4.79 Å². The van der Waals surface area contributed by atoms with Gasteiger partial charge in [0.2, 0.25) is 0 Å². The first kappa shape index (κ1) is 23.1. The van der Waals surface area contributed by atoms with E-state index in [1.807, 2.05) is 45.9 Å². The van der Waals surface area contributed by atoms with Crippen molar-refractivity contribution in [2.75, 3.05) is 37.7 Å². The van der Waals surface area contributed by atoms with Gasteiger partial charge >= 0.3 is 0 Å². The van der Waals surface area contributed by atoms with E-state index in [1.54, 1.807) is 28.0 Å². The van der Waals surface area contributed by atoms with Gasteiger partial charge in [0, 0.05) is 48.9 Å². The number of fused-ring (bicyclic) bond motifs is 1. The van der Waals surface area contributed by atoms with Crippen molar-refractivity contribution in [2.45, 2.75) is 27.7 Å². The summed E-state index contributed by atoms with van der Waals surface area (Å²) in [5.41, 5.74) is 2.74. The zero-order chi connectivity index (χ0) is 24.3. The Bertz CT molecular complexity index is 1290. The molecule has 4 rings (SSSR count). The van der Waals surface area contributed by atoms with E-state index in [2.05, 4.69) is 32.9 Å². The van der Waals surface area contributed by atoms with Crippen molar-refractivity contribution in [2.24, 2.45) is 5.41 Å². The van der Waals surface area contributed by atoms with Crippen molar-refractivity contribution in [1.29, 1.82) is 5.26 Å². The number of hydrogen-bond donors (Lipinski definition) is 0. The second kappa shape index (κ2) is 9.44. The van der Waals surface area contributed by atoms with Crippen molar-refractivity contribution in [1.82, 2.24) is 19.5 Å². The van der Waals surface area contributed by atoms with Crippen LogP contribution >= 0.6 is 0 Å². The highest BCUT2D eigenvalue weighted by molar-refractivity contribution is 5.93. The first-order valence-corrected chi connectivity index (χ1v) is 11.4. The highest BCUT2D eigenvalue weighted by Gasteiger charge is 2.21. The van der Waals surface area contributed by atoms with Crippen molar-refractivity contribution in [3.05, 3.63) is 42.4 Å². The molecule has 0 atom stereocenters. The van der Waals surface area contributed by atoms with E-state index in [1.165, 1.54) is 0 Å². The second-order valence-electron chi connectivity index (χ2n) is 9.17. The quantitative estimate of drug-likeness (QED) is 0.560. The Morgan fingerprint density at radius 3 is 2.56 bits per heavy atom. The van der Waals surface area contributed by atoms with Crippen molar-refractivity contribution in [3.8, 4) is 34.8 Å². The molecule has 0 unspecified atom stereocenters. The van der Waals surface area contributed by atoms with Crippen LogP contribution in [0.4, 0.5) is 5.82 Å². The van der Waals surface area contributed by atoms with Crippen molar-refractivity contribution < 1.29 is 9.53 Å². The van der Waals surface area contributed by atoms with E-state index in [0.717, 1.165) is 22.5 Å². The summed E-state index contributed by atoms with van der Waals surface area (Å²) in [6, 6.07) is 8.09. The van der Waals surface area contributed by atoms with E-state index < -0.39 is 0 Å². The lowest BCUT2D eigenvalue weighted by molar-refractivity contribution is -0.125. The van der Waals surface area contributed by atoms with Gasteiger partial charge in [-0.2, -0.15) is 10.4 Å². The number of carbonyl (C=O) groups excluding carboxylic acids is 1. The van der Waals surface area contributed by atoms with Crippen LogP contribution in [0.3, 0.4) is 0 Å². The molecule has 174 valence electrons. The molecule has 4 heterocycles. The number of rotatable bonds is 4. The lowest BCUT2D eigenvalue weighted by Gasteiger charge is -2.34. The molecule has 8 heteroatoms. The van der Waals surface area contributed by atoms with Crippen LogP contribution in [0.5, 0.6) is 5.75 Å². The Kier molecular flexibility index (Phi) is 6.43. The summed E-state index contributed by atoms with van der Waals surface area (Å²) >= 11 is 0. The molecule has 0 saturated carbocycles. The predicted molar refractivity (Wildman–Crippen MR) is 130 cm³/mol. The number of ether oxygens (including phenoxy) is 1. The molecule has 1 saturated heterocycles. The summed E-state index contributed by atoms with van der Waals surface area (Å²) in [6.45, 7) is 11.0. The van der Waals surface area contributed by atoms with Gasteiger partial charge in [-0.3, -0.25) is 4.79 Å². The normalized spacial score (nSPS) is 13.9. The standard InChI is InChI=1S/C26H28N6O2/c1-5-34-21-14-22(25-20(15-27)17-29-32(25)18-21)19-6-7-23(28-16-19)30-10-12-31(13-11-30)24(33)8-9-26(2,3)4/h6-7,14,16-18H,5,10-13H2,1-4H3. The summed E-state index contributed by atoms with van der Waals surface area (Å²) in [6.07, 6.45) is 5.14. The van der Waals surface area contributed by atoms with E-state index in [0.29, 0.717) is 44.1 Å². The van der Waals surface area contributed by atoms with Crippen LogP contribution in [0.25, 0.3) is 16.6 Å². The Morgan fingerprint density at radius 1 is 1.18 bits per heavy atom. The fraction of sp³-hybridized carbons (Fsp3) is 0.385. The third-order valence-electron chi connectivity index (χ3n) is 5.51. The van der Waals surface area contributed by atoms with E-state index in [4.69, 9.17) is 4.74 Å². The largest absolute Gasteiger partial charge is 0.492 e. The SMILES string of the molecule is CCOc1cc(-c2ccc(N3CCN(C(=O)C#CC(C)(C)C)CC3)nc2)c2c(C#N)cnn2c1. The summed E-state index contributed by atoms with van der Waals surface area (Å²) in [5.74, 6) is 7.19. The molecule has 3 aromatic heterocycles. The molecule has 3 aromatic rings. The number of piperazine rings is 1. The minimum absolute atomic E-state index is 0.120. The zero-order valence-corrected chi connectivity index (χ0v) is 20.0. The van der Waals surface area contributed by atoms with Gasteiger partial charge in [0.15, 0.2) is 0 Å². The Labute approximate surface area is 199 Å². The minimum atomic E-state index is -0.193. The first-order valence-electron chi connectivity index (χ1n) is 11.4. The molecule has 1 aliphatic heterocycles. The molecule has 0 aromatic carbocycles. The maximum atomic E-state index is 12.4. The summed E-state index contributed by atoms with van der Waals surface area (Å²) in [5, 5.41) is 13.8. The molecule has 1 amide bonds. The predicted octanol–water partition coefficient (Wildman–Crippen LogP) is 3.36. The Balaban J connectivity index is 1.52. The first-order chi connectivity index (χ1) is 16.3. The number of nitrogens with zero attached hydrogens (tertiary/aromatic N) is 6. The second-order valence-corrected chi connectivity index (χ2v) is 9.17. The molecule has 0 spiro atoms. The monoisotopic (exact) mass is 456 g/mol. The smallest absolute Gasteiger partial charge is 0.298 e. The summed E-state index contributed by atoms with van der Waals surface area (Å²) in [4.78, 5) is 21.0. The molecule has 8 nitrogen and oxygen atoms in total. The number of amides is 1. The van der Waals surface area contributed by atoms with Gasteiger partial charge in [-0.1, -0.05) is 5.92 Å². The van der Waals surface area contributed by atoms with Crippen LogP contribution in [0.1, 0.15) is 33.3 Å². The topological polar surface area (TPSA) is 86.8 Å². The maximum absolute atomic E-state index is 12.4. The number of anilines is 1. The van der Waals surface area contributed by atoms with Crippen molar-refractivity contribution in [3.63, 3.8) is 0 Å². The van der Waals surface area contributed by atoms with Gasteiger partial charge in [-0.05, 0) is 51.8 Å². The van der Waals surface area contributed by atoms with Gasteiger partial charge in [0.1, 0.15) is 17.6 Å². The van der Waals surface area contributed by atoms with Gasteiger partial charge in [0.25, 0.3) is 5.91 Å². The molecule has 0 N–H and O–H groups in total. The number of carbonyl (C=O) groups is 1. The van der Waals surface area contributed by atoms with Crippen LogP contribution in [0.2, 0.25) is 0 Å². The molecule has 0 bridgehead atoms. The third-order valence-corrected chi connectivity index (χ3v) is 5.51. The highest BCUT2D eigenvalue weighted by Crippen LogP contribution is 2.31. The molecule has 0 aliphatic carbocycles. The van der Waals surface area contributed by atoms with Crippen LogP contribution in [0, 0.1) is 28.6 Å². The van der Waals surface area contributed by atoms with Gasteiger partial charge in [-0.25, -0.2) is 9.50 Å². The van der Waals surface area contributed by atoms with E-state index in [-0.39, 0.29) is 11.3 Å². The number of aromatic nitrogens is 3. The minimum Gasteiger partial charge on any atom is -0.492 e. The van der Waals surface area contributed by atoms with E-state index in [9.17, 15) is 10.1 Å². The van der Waals surface area contributed by atoms with Crippen LogP contribution in [0.15, 0.2) is 36.8 Å². The van der Waals surface area contributed by atoms with Gasteiger partial charge in [-0.15, -0.1) is 0 Å². The highest BCUT2D eigenvalue weighted by atomic mass is 16.5. The van der Waals surface area contributed by atoms with Gasteiger partial charge in [0.05, 0.1) is 30.1 Å². The maximum Gasteiger partial charge on any atom is 0.298 e. The fourth-order valence-electron chi connectivity index (χ4n) is 3.84. The summed E-state index contributed by atoms with van der Waals surface area (Å²) < 4.78 is 7.36. The lowest BCUT2D eigenvalue weighted by Crippen LogP contribution is -2.48. The molecule has 0 radical (unpaired) electrons. The zero-order valence-electron chi connectivity index (χ0n) is 20.0. The van der Waals surface area contributed by atoms with E-state index >= 15 is 0 Å². The number of nitriles is 1. The van der Waals surface area contributed by atoms with Crippen LogP contribution in [-0.4, -0.2) is 58.2 Å². The number of pyridine rings is 2. The molecule has 1 aliphatic rings. The summed E-state index contributed by atoms with van der Waals surface area (Å²) in [7, 11) is 0. The third kappa shape index (κ3) is 4.97. The molecular weight excluding hydrogens is 428 g/mol. The van der Waals surface area contributed by atoms with Crippen LogP contribution < -0.4 is 9.64 Å². The Morgan fingerprint density at radius 2 is 1.94 bits per heavy atom. The molecule has 1 fully saturated rings. The van der Waals surface area contributed by atoms with Crippen molar-refractivity contribution >= 4 is 17.2 Å². The lowest BCUT2D eigenvalue weighted by atomic mass is 9.98. The fourth-order valence-corrected chi connectivity index (χ4v) is 3.84. The number of hydrogen-bond acceptors (Lipinski definition) is 6. The average Bonchev–Trinajstić information content (AvgIpc) is 3.25. The average molecular weight is 457 g/mol. The molecular formula is C26H28N6O2.